The number of rotatable bonds is 7. The Morgan fingerprint density at radius 2 is 1.85 bits per heavy atom. The maximum Gasteiger partial charge on any atom is 0.242 e. The van der Waals surface area contributed by atoms with Gasteiger partial charge in [0.15, 0.2) is 0 Å². The Hall–Kier alpha value is -2.82. The Kier molecular flexibility index (Phi) is 6.12. The van der Waals surface area contributed by atoms with Gasteiger partial charge in [-0.05, 0) is 24.1 Å². The number of ether oxygens (including phenoxy) is 1. The molecule has 0 aliphatic carbocycles. The number of nitrogens with zero attached hydrogens (tertiary/aromatic N) is 2. The third kappa shape index (κ3) is 4.88. The summed E-state index contributed by atoms with van der Waals surface area (Å²) in [6.45, 7) is 3.63. The average molecular weight is 366 g/mol. The predicted molar refractivity (Wildman–Crippen MR) is 105 cm³/mol. The fourth-order valence-electron chi connectivity index (χ4n) is 3.29. The zero-order valence-corrected chi connectivity index (χ0v) is 15.9. The van der Waals surface area contributed by atoms with Gasteiger partial charge < -0.3 is 14.5 Å². The van der Waals surface area contributed by atoms with Crippen molar-refractivity contribution < 1.29 is 14.3 Å². The van der Waals surface area contributed by atoms with Crippen molar-refractivity contribution in [1.29, 1.82) is 0 Å². The van der Waals surface area contributed by atoms with Gasteiger partial charge in [-0.15, -0.1) is 0 Å². The van der Waals surface area contributed by atoms with Crippen LogP contribution in [0.5, 0.6) is 5.75 Å². The molecule has 0 saturated carbocycles. The second-order valence-electron chi connectivity index (χ2n) is 7.02. The van der Waals surface area contributed by atoms with Crippen molar-refractivity contribution in [1.82, 2.24) is 9.80 Å². The average Bonchev–Trinajstić information content (AvgIpc) is 3.04. The van der Waals surface area contributed by atoms with E-state index < -0.39 is 0 Å². The molecule has 1 aliphatic heterocycles. The molecule has 2 amide bonds. The molecule has 2 aromatic rings. The Morgan fingerprint density at radius 1 is 1.15 bits per heavy atom. The van der Waals surface area contributed by atoms with Gasteiger partial charge in [0, 0.05) is 25.9 Å². The van der Waals surface area contributed by atoms with Crippen LogP contribution in [0.15, 0.2) is 54.6 Å². The number of hydrogen-bond donors (Lipinski definition) is 0. The van der Waals surface area contributed by atoms with E-state index >= 15 is 0 Å². The molecule has 0 N–H and O–H groups in total. The fourth-order valence-corrected chi connectivity index (χ4v) is 3.29. The highest BCUT2D eigenvalue weighted by molar-refractivity contribution is 5.86. The summed E-state index contributed by atoms with van der Waals surface area (Å²) < 4.78 is 5.75. The van der Waals surface area contributed by atoms with Gasteiger partial charge in [-0.3, -0.25) is 9.59 Å². The van der Waals surface area contributed by atoms with E-state index in [1.165, 1.54) is 0 Å². The van der Waals surface area contributed by atoms with Crippen LogP contribution in [0.25, 0.3) is 0 Å². The van der Waals surface area contributed by atoms with E-state index in [0.29, 0.717) is 26.1 Å². The standard InChI is InChI=1S/C22H26N2O3/c1-17-8-6-7-11-20(17)27-13-12-23(2)22(26)16-24-15-19(14-21(24)25)18-9-4-3-5-10-18/h3-11,19H,12-16H2,1-2H3. The second kappa shape index (κ2) is 8.71. The molecule has 0 radical (unpaired) electrons. The predicted octanol–water partition coefficient (Wildman–Crippen LogP) is 2.85. The van der Waals surface area contributed by atoms with Gasteiger partial charge in [0.25, 0.3) is 0 Å². The number of likely N-dealkylation sites (N-methyl/N-ethyl adjacent to an activating group) is 1. The van der Waals surface area contributed by atoms with Gasteiger partial charge in [-0.1, -0.05) is 48.5 Å². The maximum atomic E-state index is 12.5. The first-order valence-electron chi connectivity index (χ1n) is 9.29. The van der Waals surface area contributed by atoms with Crippen LogP contribution in [0.4, 0.5) is 0 Å². The fraction of sp³-hybridized carbons (Fsp3) is 0.364. The molecule has 0 spiro atoms. The minimum Gasteiger partial charge on any atom is -0.491 e. The number of para-hydroxylation sites is 1. The van der Waals surface area contributed by atoms with Gasteiger partial charge in [-0.2, -0.15) is 0 Å². The first-order chi connectivity index (χ1) is 13.0. The monoisotopic (exact) mass is 366 g/mol. The van der Waals surface area contributed by atoms with Crippen LogP contribution in [0, 0.1) is 6.92 Å². The van der Waals surface area contributed by atoms with E-state index in [0.717, 1.165) is 16.9 Å². The van der Waals surface area contributed by atoms with E-state index in [-0.39, 0.29) is 24.3 Å². The third-order valence-corrected chi connectivity index (χ3v) is 5.02. The molecule has 0 bridgehead atoms. The molecule has 3 rings (SSSR count). The van der Waals surface area contributed by atoms with Crippen molar-refractivity contribution >= 4 is 11.8 Å². The number of hydrogen-bond acceptors (Lipinski definition) is 3. The Labute approximate surface area is 160 Å². The molecule has 1 fully saturated rings. The van der Waals surface area contributed by atoms with Crippen molar-refractivity contribution in [3.63, 3.8) is 0 Å². The first-order valence-corrected chi connectivity index (χ1v) is 9.29. The molecular formula is C22H26N2O3. The number of amides is 2. The highest BCUT2D eigenvalue weighted by atomic mass is 16.5. The van der Waals surface area contributed by atoms with Crippen LogP contribution in [0.2, 0.25) is 0 Å². The van der Waals surface area contributed by atoms with Gasteiger partial charge in [0.05, 0.1) is 13.1 Å². The number of benzene rings is 2. The van der Waals surface area contributed by atoms with Gasteiger partial charge in [-0.25, -0.2) is 0 Å². The molecule has 1 aliphatic rings. The van der Waals surface area contributed by atoms with Crippen LogP contribution in [-0.4, -0.2) is 54.9 Å². The highest BCUT2D eigenvalue weighted by Crippen LogP contribution is 2.27. The lowest BCUT2D eigenvalue weighted by molar-refractivity contribution is -0.137. The summed E-state index contributed by atoms with van der Waals surface area (Å²) in [5.41, 5.74) is 2.22. The number of likely N-dealkylation sites (tertiary alicyclic amines) is 1. The molecule has 5 nitrogen and oxygen atoms in total. The van der Waals surface area contributed by atoms with E-state index in [2.05, 4.69) is 0 Å². The summed E-state index contributed by atoms with van der Waals surface area (Å²) in [5.74, 6) is 0.979. The van der Waals surface area contributed by atoms with Crippen LogP contribution < -0.4 is 4.74 Å². The van der Waals surface area contributed by atoms with Crippen LogP contribution in [0.3, 0.4) is 0 Å². The smallest absolute Gasteiger partial charge is 0.242 e. The van der Waals surface area contributed by atoms with Crippen molar-refractivity contribution in [2.45, 2.75) is 19.3 Å². The molecule has 1 atom stereocenters. The lowest BCUT2D eigenvalue weighted by Gasteiger charge is -2.22. The van der Waals surface area contributed by atoms with Crippen molar-refractivity contribution in [2.24, 2.45) is 0 Å². The van der Waals surface area contributed by atoms with Gasteiger partial charge >= 0.3 is 0 Å². The van der Waals surface area contributed by atoms with Gasteiger partial charge in [0.1, 0.15) is 12.4 Å². The number of aryl methyl sites for hydroxylation is 1. The second-order valence-corrected chi connectivity index (χ2v) is 7.02. The first kappa shape index (κ1) is 19.0. The molecule has 5 heteroatoms. The van der Waals surface area contributed by atoms with Crippen LogP contribution >= 0.6 is 0 Å². The largest absolute Gasteiger partial charge is 0.491 e. The molecule has 1 unspecified atom stereocenters. The van der Waals surface area contributed by atoms with E-state index in [1.54, 1.807) is 16.8 Å². The Balaban J connectivity index is 1.46. The topological polar surface area (TPSA) is 49.9 Å². The summed E-state index contributed by atoms with van der Waals surface area (Å²) in [7, 11) is 1.75. The zero-order valence-electron chi connectivity index (χ0n) is 15.9. The van der Waals surface area contributed by atoms with Crippen molar-refractivity contribution in [3.05, 3.63) is 65.7 Å². The minimum atomic E-state index is -0.0644. The maximum absolute atomic E-state index is 12.5. The third-order valence-electron chi connectivity index (χ3n) is 5.02. The van der Waals surface area contributed by atoms with Gasteiger partial charge in [0.2, 0.25) is 11.8 Å². The number of carbonyl (C=O) groups excluding carboxylic acids is 2. The summed E-state index contributed by atoms with van der Waals surface area (Å²) in [6, 6.07) is 17.8. The molecule has 27 heavy (non-hydrogen) atoms. The lowest BCUT2D eigenvalue weighted by atomic mass is 9.99. The van der Waals surface area contributed by atoms with Crippen molar-refractivity contribution in [3.8, 4) is 5.75 Å². The SMILES string of the molecule is Cc1ccccc1OCCN(C)C(=O)CN1CC(c2ccccc2)CC1=O. The Morgan fingerprint density at radius 3 is 2.59 bits per heavy atom. The summed E-state index contributed by atoms with van der Waals surface area (Å²) in [6.07, 6.45) is 0.470. The molecule has 0 aromatic heterocycles. The minimum absolute atomic E-state index is 0.0433. The van der Waals surface area contributed by atoms with E-state index in [4.69, 9.17) is 4.74 Å². The van der Waals surface area contributed by atoms with Crippen LogP contribution in [-0.2, 0) is 9.59 Å². The highest BCUT2D eigenvalue weighted by Gasteiger charge is 2.32. The zero-order chi connectivity index (χ0) is 19.2. The summed E-state index contributed by atoms with van der Waals surface area (Å²) >= 11 is 0. The molecule has 1 saturated heterocycles. The molecule has 2 aromatic carbocycles. The van der Waals surface area contributed by atoms with Crippen LogP contribution in [0.1, 0.15) is 23.5 Å². The summed E-state index contributed by atoms with van der Waals surface area (Å²) in [5, 5.41) is 0. The lowest BCUT2D eigenvalue weighted by Crippen LogP contribution is -2.40. The number of carbonyl (C=O) groups is 2. The molecule has 1 heterocycles. The Bertz CT molecular complexity index is 791. The summed E-state index contributed by atoms with van der Waals surface area (Å²) in [4.78, 5) is 28.0. The van der Waals surface area contributed by atoms with E-state index in [9.17, 15) is 9.59 Å². The molecular weight excluding hydrogens is 340 g/mol. The van der Waals surface area contributed by atoms with E-state index in [1.807, 2.05) is 61.5 Å². The normalized spacial score (nSPS) is 16.4. The molecule has 142 valence electrons. The quantitative estimate of drug-likeness (QED) is 0.757. The van der Waals surface area contributed by atoms with Crippen molar-refractivity contribution in [2.75, 3.05) is 33.3 Å².